The fourth-order valence-corrected chi connectivity index (χ4v) is 2.78. The van der Waals surface area contributed by atoms with E-state index in [1.165, 1.54) is 19.9 Å². The molecule has 0 amide bonds. The van der Waals surface area contributed by atoms with Gasteiger partial charge in [0.1, 0.15) is 28.4 Å². The lowest BCUT2D eigenvalue weighted by molar-refractivity contribution is 0.0692. The van der Waals surface area contributed by atoms with Gasteiger partial charge in [-0.05, 0) is 50.5 Å². The Kier molecular flexibility index (Phi) is 5.02. The maximum atomic E-state index is 12.5. The molecule has 2 aromatic carbocycles. The molecule has 0 atom stereocenters. The molecule has 0 bridgehead atoms. The number of esters is 1. The molecule has 0 heterocycles. The van der Waals surface area contributed by atoms with Crippen LogP contribution in [0, 0.1) is 27.7 Å². The Balaban J connectivity index is 2.53. The Hall–Kier alpha value is -3.35. The molecule has 136 valence electrons. The standard InChI is InChI=1S/C19H18O7/c1-8-5-9(2)15(17(22)12(8)7-20)19(25)26-13-6-10(3)14(18(23)24)16(21)11(13)4/h5-7,21-22H,1-4H3,(H,23,24). The molecule has 2 aromatic rings. The smallest absolute Gasteiger partial charge is 0.347 e. The van der Waals surface area contributed by atoms with E-state index in [2.05, 4.69) is 0 Å². The Bertz CT molecular complexity index is 942. The summed E-state index contributed by atoms with van der Waals surface area (Å²) in [6.45, 7) is 6.07. The molecule has 3 N–H and O–H groups in total. The number of carbonyl (C=O) groups is 3. The van der Waals surface area contributed by atoms with E-state index in [1.54, 1.807) is 19.9 Å². The van der Waals surface area contributed by atoms with Gasteiger partial charge >= 0.3 is 11.9 Å². The van der Waals surface area contributed by atoms with Gasteiger partial charge < -0.3 is 20.1 Å². The van der Waals surface area contributed by atoms with Gasteiger partial charge in [0.05, 0.1) is 5.56 Å². The molecular formula is C19H18O7. The number of hydrogen-bond acceptors (Lipinski definition) is 6. The third-order valence-corrected chi connectivity index (χ3v) is 4.19. The van der Waals surface area contributed by atoms with E-state index in [0.29, 0.717) is 17.4 Å². The molecule has 0 unspecified atom stereocenters. The summed E-state index contributed by atoms with van der Waals surface area (Å²) >= 11 is 0. The Morgan fingerprint density at radius 2 is 1.50 bits per heavy atom. The minimum Gasteiger partial charge on any atom is -0.507 e. The molecule has 0 aliphatic rings. The van der Waals surface area contributed by atoms with Crippen molar-refractivity contribution in [2.75, 3.05) is 0 Å². The fourth-order valence-electron chi connectivity index (χ4n) is 2.78. The van der Waals surface area contributed by atoms with E-state index >= 15 is 0 Å². The molecule has 0 spiro atoms. The first-order valence-electron chi connectivity index (χ1n) is 7.67. The maximum absolute atomic E-state index is 12.5. The van der Waals surface area contributed by atoms with E-state index in [-0.39, 0.29) is 33.6 Å². The highest BCUT2D eigenvalue weighted by Crippen LogP contribution is 2.35. The molecule has 0 saturated carbocycles. The normalized spacial score (nSPS) is 10.5. The summed E-state index contributed by atoms with van der Waals surface area (Å²) in [5.41, 5.74) is 0.748. The molecule has 0 aliphatic carbocycles. The highest BCUT2D eigenvalue weighted by Gasteiger charge is 2.24. The van der Waals surface area contributed by atoms with Gasteiger partial charge in [0.25, 0.3) is 0 Å². The number of carbonyl (C=O) groups excluding carboxylic acids is 2. The number of phenolic OH excluding ortho intramolecular Hbond substituents is 1. The van der Waals surface area contributed by atoms with Crippen LogP contribution in [0.15, 0.2) is 12.1 Å². The van der Waals surface area contributed by atoms with Gasteiger partial charge in [-0.3, -0.25) is 4.79 Å². The van der Waals surface area contributed by atoms with Crippen LogP contribution >= 0.6 is 0 Å². The molecule has 0 aromatic heterocycles. The zero-order valence-corrected chi connectivity index (χ0v) is 14.7. The minimum atomic E-state index is -1.30. The van der Waals surface area contributed by atoms with Crippen molar-refractivity contribution in [3.63, 3.8) is 0 Å². The van der Waals surface area contributed by atoms with Crippen LogP contribution in [0.3, 0.4) is 0 Å². The lowest BCUT2D eigenvalue weighted by atomic mass is 9.98. The number of carboxylic acids is 1. The summed E-state index contributed by atoms with van der Waals surface area (Å²) in [5, 5.41) is 29.5. The van der Waals surface area contributed by atoms with Crippen LogP contribution in [0.1, 0.15) is 53.3 Å². The molecule has 7 heteroatoms. The largest absolute Gasteiger partial charge is 0.507 e. The predicted octanol–water partition coefficient (Wildman–Crippen LogP) is 3.06. The van der Waals surface area contributed by atoms with Crippen LogP contribution in [-0.4, -0.2) is 33.5 Å². The third-order valence-electron chi connectivity index (χ3n) is 4.19. The van der Waals surface area contributed by atoms with Crippen molar-refractivity contribution < 1.29 is 34.4 Å². The first kappa shape index (κ1) is 19.0. The van der Waals surface area contributed by atoms with Crippen molar-refractivity contribution >= 4 is 18.2 Å². The van der Waals surface area contributed by atoms with Gasteiger partial charge in [-0.2, -0.15) is 0 Å². The predicted molar refractivity (Wildman–Crippen MR) is 92.5 cm³/mol. The molecule has 0 fully saturated rings. The van der Waals surface area contributed by atoms with Crippen LogP contribution in [0.5, 0.6) is 17.2 Å². The molecule has 7 nitrogen and oxygen atoms in total. The number of carboxylic acid groups (broad SMARTS) is 1. The number of ether oxygens (including phenoxy) is 1. The summed E-state index contributed by atoms with van der Waals surface area (Å²) in [5.74, 6) is -3.25. The molecular weight excluding hydrogens is 340 g/mol. The van der Waals surface area contributed by atoms with Crippen LogP contribution < -0.4 is 4.74 Å². The third kappa shape index (κ3) is 3.11. The average molecular weight is 358 g/mol. The second-order valence-electron chi connectivity index (χ2n) is 6.00. The Morgan fingerprint density at radius 1 is 0.923 bits per heavy atom. The summed E-state index contributed by atoms with van der Waals surface area (Å²) in [7, 11) is 0. The number of aromatic carboxylic acids is 1. The first-order chi connectivity index (χ1) is 12.1. The molecule has 0 aliphatic heterocycles. The minimum absolute atomic E-state index is 0.0143. The average Bonchev–Trinajstić information content (AvgIpc) is 2.51. The SMILES string of the molecule is Cc1cc(C)c(C(=O)Oc2cc(C)c(C(=O)O)c(O)c2C)c(O)c1C=O. The van der Waals surface area contributed by atoms with E-state index in [1.807, 2.05) is 0 Å². The lowest BCUT2D eigenvalue weighted by Gasteiger charge is -2.15. The zero-order valence-electron chi connectivity index (χ0n) is 14.7. The molecule has 0 saturated heterocycles. The van der Waals surface area contributed by atoms with Gasteiger partial charge in [0.15, 0.2) is 6.29 Å². The van der Waals surface area contributed by atoms with Crippen LogP contribution in [0.25, 0.3) is 0 Å². The van der Waals surface area contributed by atoms with Crippen molar-refractivity contribution in [2.45, 2.75) is 27.7 Å². The van der Waals surface area contributed by atoms with Crippen molar-refractivity contribution in [1.29, 1.82) is 0 Å². The van der Waals surface area contributed by atoms with Crippen molar-refractivity contribution in [3.05, 3.63) is 51.1 Å². The second kappa shape index (κ2) is 6.87. The molecule has 0 radical (unpaired) electrons. The number of benzene rings is 2. The van der Waals surface area contributed by atoms with E-state index in [0.717, 1.165) is 0 Å². The summed E-state index contributed by atoms with van der Waals surface area (Å²) in [6.07, 6.45) is 0.448. The summed E-state index contributed by atoms with van der Waals surface area (Å²) < 4.78 is 5.26. The van der Waals surface area contributed by atoms with Crippen LogP contribution in [-0.2, 0) is 0 Å². The highest BCUT2D eigenvalue weighted by molar-refractivity contribution is 6.00. The van der Waals surface area contributed by atoms with Gasteiger partial charge in [0, 0.05) is 5.56 Å². The van der Waals surface area contributed by atoms with Gasteiger partial charge in [-0.1, -0.05) is 6.07 Å². The number of aromatic hydroxyl groups is 2. The summed E-state index contributed by atoms with van der Waals surface area (Å²) in [4.78, 5) is 34.9. The lowest BCUT2D eigenvalue weighted by Crippen LogP contribution is -2.13. The Labute approximate surface area is 149 Å². The number of aldehydes is 1. The fraction of sp³-hybridized carbons (Fsp3) is 0.211. The number of aryl methyl sites for hydroxylation is 3. The highest BCUT2D eigenvalue weighted by atomic mass is 16.5. The number of phenols is 2. The first-order valence-corrected chi connectivity index (χ1v) is 7.67. The summed E-state index contributed by atoms with van der Waals surface area (Å²) in [6, 6.07) is 2.89. The topological polar surface area (TPSA) is 121 Å². The van der Waals surface area contributed by atoms with Crippen LogP contribution in [0.2, 0.25) is 0 Å². The Morgan fingerprint density at radius 3 is 2.04 bits per heavy atom. The second-order valence-corrected chi connectivity index (χ2v) is 6.00. The van der Waals surface area contributed by atoms with Gasteiger partial charge in [0.2, 0.25) is 0 Å². The van der Waals surface area contributed by atoms with Crippen molar-refractivity contribution in [2.24, 2.45) is 0 Å². The van der Waals surface area contributed by atoms with Gasteiger partial charge in [-0.25, -0.2) is 9.59 Å². The zero-order chi connectivity index (χ0) is 19.8. The number of rotatable bonds is 4. The van der Waals surface area contributed by atoms with E-state index in [9.17, 15) is 24.6 Å². The molecule has 26 heavy (non-hydrogen) atoms. The van der Waals surface area contributed by atoms with E-state index < -0.39 is 23.4 Å². The van der Waals surface area contributed by atoms with E-state index in [4.69, 9.17) is 9.84 Å². The van der Waals surface area contributed by atoms with Crippen molar-refractivity contribution in [1.82, 2.24) is 0 Å². The molecule has 2 rings (SSSR count). The maximum Gasteiger partial charge on any atom is 0.347 e. The number of hydrogen-bond donors (Lipinski definition) is 3. The van der Waals surface area contributed by atoms with Crippen molar-refractivity contribution in [3.8, 4) is 17.2 Å². The van der Waals surface area contributed by atoms with Gasteiger partial charge in [-0.15, -0.1) is 0 Å². The quantitative estimate of drug-likeness (QED) is 0.436. The van der Waals surface area contributed by atoms with Crippen LogP contribution in [0.4, 0.5) is 0 Å². The monoisotopic (exact) mass is 358 g/mol.